The highest BCUT2D eigenvalue weighted by atomic mass is 32.1. The van der Waals surface area contributed by atoms with Gasteiger partial charge in [-0.1, -0.05) is 39.8 Å². The Morgan fingerprint density at radius 3 is 2.26 bits per heavy atom. The van der Waals surface area contributed by atoms with Crippen LogP contribution in [0.1, 0.15) is 52.0 Å². The van der Waals surface area contributed by atoms with Gasteiger partial charge in [0.15, 0.2) is 5.65 Å². The first-order chi connectivity index (χ1) is 16.7. The maximum absolute atomic E-state index is 13.2. The number of hydrogen-bond donors (Lipinski definition) is 0. The molecule has 0 aliphatic rings. The lowest BCUT2D eigenvalue weighted by molar-refractivity contribution is 0.498. The zero-order valence-electron chi connectivity index (χ0n) is 22.4. The number of rotatable bonds is 5. The van der Waals surface area contributed by atoms with Gasteiger partial charge in [-0.2, -0.15) is 5.10 Å². The maximum atomic E-state index is 13.2. The van der Waals surface area contributed by atoms with E-state index in [9.17, 15) is 9.59 Å². The highest BCUT2D eigenvalue weighted by Gasteiger charge is 2.24. The summed E-state index contributed by atoms with van der Waals surface area (Å²) in [6.45, 7) is 15.1. The molecule has 0 unspecified atom stereocenters. The van der Waals surface area contributed by atoms with Crippen molar-refractivity contribution in [2.24, 2.45) is 20.0 Å². The zero-order chi connectivity index (χ0) is 26.3. The number of nitrogens with zero attached hydrogens (tertiary/aromatic N) is 6. The molecule has 0 saturated carbocycles. The third-order valence-electron chi connectivity index (χ3n) is 5.28. The Balaban J connectivity index is 0.000000655. The molecule has 4 aromatic rings. The fourth-order valence-corrected chi connectivity index (χ4v) is 4.30. The molecule has 0 atom stereocenters. The van der Waals surface area contributed by atoms with Crippen LogP contribution in [0.3, 0.4) is 0 Å². The second-order valence-corrected chi connectivity index (χ2v) is 9.59. The van der Waals surface area contributed by atoms with Crippen molar-refractivity contribution in [3.8, 4) is 11.4 Å². The third kappa shape index (κ3) is 6.08. The molecule has 0 saturated heterocycles. The molecule has 0 bridgehead atoms. The van der Waals surface area contributed by atoms with Crippen LogP contribution in [0.5, 0.6) is 0 Å². The number of aryl methyl sites for hydroxylation is 2. The van der Waals surface area contributed by atoms with Gasteiger partial charge in [0.2, 0.25) is 0 Å². The molecule has 0 aromatic carbocycles. The normalized spacial score (nSPS) is 11.0. The van der Waals surface area contributed by atoms with Gasteiger partial charge in [-0.3, -0.25) is 18.6 Å². The van der Waals surface area contributed by atoms with Gasteiger partial charge in [0.25, 0.3) is 5.56 Å². The van der Waals surface area contributed by atoms with E-state index in [-0.39, 0.29) is 17.2 Å². The fourth-order valence-electron chi connectivity index (χ4n) is 3.60. The van der Waals surface area contributed by atoms with Crippen molar-refractivity contribution in [2.45, 2.75) is 61.6 Å². The molecule has 0 amide bonds. The van der Waals surface area contributed by atoms with Crippen molar-refractivity contribution in [3.63, 3.8) is 0 Å². The predicted molar refractivity (Wildman–Crippen MR) is 146 cm³/mol. The molecule has 0 N–H and O–H groups in total. The molecular formula is C26H38N6O2S. The molecule has 35 heavy (non-hydrogen) atoms. The Morgan fingerprint density at radius 2 is 1.77 bits per heavy atom. The molecular weight excluding hydrogens is 460 g/mol. The van der Waals surface area contributed by atoms with Gasteiger partial charge in [0.1, 0.15) is 11.1 Å². The lowest BCUT2D eigenvalue weighted by Crippen LogP contribution is -2.38. The van der Waals surface area contributed by atoms with Crippen molar-refractivity contribution in [1.82, 2.24) is 28.5 Å². The van der Waals surface area contributed by atoms with Gasteiger partial charge in [-0.25, -0.2) is 9.78 Å². The molecule has 4 rings (SSSR count). The molecule has 0 fully saturated rings. The summed E-state index contributed by atoms with van der Waals surface area (Å²) in [5.41, 5.74) is 2.32. The van der Waals surface area contributed by atoms with E-state index in [2.05, 4.69) is 23.4 Å². The van der Waals surface area contributed by atoms with Crippen LogP contribution in [0.4, 0.5) is 0 Å². The lowest BCUT2D eigenvalue weighted by atomic mass is 10.2. The molecule has 0 radical (unpaired) electrons. The van der Waals surface area contributed by atoms with E-state index in [1.54, 1.807) is 28.4 Å². The molecule has 0 aliphatic carbocycles. The average molecular weight is 499 g/mol. The smallest absolute Gasteiger partial charge is 0.332 e. The van der Waals surface area contributed by atoms with Gasteiger partial charge >= 0.3 is 5.69 Å². The fraction of sp³-hybridized carbons (Fsp3) is 0.462. The minimum Gasteiger partial charge on any atom is -0.332 e. The van der Waals surface area contributed by atoms with E-state index in [1.165, 1.54) is 16.5 Å². The van der Waals surface area contributed by atoms with Gasteiger partial charge in [0.05, 0.1) is 24.8 Å². The zero-order valence-corrected chi connectivity index (χ0v) is 23.2. The van der Waals surface area contributed by atoms with E-state index >= 15 is 0 Å². The minimum atomic E-state index is -0.344. The Hall–Kier alpha value is -3.20. The van der Waals surface area contributed by atoms with E-state index < -0.39 is 0 Å². The van der Waals surface area contributed by atoms with Crippen LogP contribution in [0.2, 0.25) is 0 Å². The quantitative estimate of drug-likeness (QED) is 0.364. The van der Waals surface area contributed by atoms with Crippen LogP contribution in [0, 0.1) is 12.8 Å². The SMILES string of the molecule is C/C=C\C.CC.Cc1cc(Cn2nc3c(c2-c2cncn2C)c(=O)n(C)c(=O)n3CC(C)C)cs1. The summed E-state index contributed by atoms with van der Waals surface area (Å²) in [5, 5.41) is 7.30. The molecule has 0 aliphatic heterocycles. The number of allylic oxidation sites excluding steroid dienone is 2. The Labute approximate surface area is 211 Å². The first kappa shape index (κ1) is 28.0. The minimum absolute atomic E-state index is 0.234. The molecule has 0 spiro atoms. The molecule has 190 valence electrons. The molecule has 4 aromatic heterocycles. The molecule has 4 heterocycles. The van der Waals surface area contributed by atoms with Crippen LogP contribution >= 0.6 is 11.3 Å². The van der Waals surface area contributed by atoms with E-state index in [0.29, 0.717) is 29.8 Å². The van der Waals surface area contributed by atoms with E-state index in [0.717, 1.165) is 11.3 Å². The summed E-state index contributed by atoms with van der Waals surface area (Å²) in [6.07, 6.45) is 7.42. The van der Waals surface area contributed by atoms with Crippen molar-refractivity contribution in [2.75, 3.05) is 0 Å². The van der Waals surface area contributed by atoms with Crippen molar-refractivity contribution < 1.29 is 0 Å². The van der Waals surface area contributed by atoms with Crippen LogP contribution in [-0.4, -0.2) is 28.5 Å². The standard InChI is InChI=1S/C20H24N6O2S.C4H8.C2H6/c1-12(2)8-25-18-16(19(27)24(5)20(25)28)17(15-7-21-11-23(15)4)26(22-18)9-14-6-13(3)29-10-14;1-3-4-2;1-2/h6-7,10-12H,8-9H2,1-5H3;3-4H,1-2H3;1-2H3/b;4-3-;. The monoisotopic (exact) mass is 498 g/mol. The van der Waals surface area contributed by atoms with Crippen LogP contribution in [0.15, 0.2) is 45.7 Å². The van der Waals surface area contributed by atoms with Gasteiger partial charge in [0, 0.05) is 25.5 Å². The van der Waals surface area contributed by atoms with E-state index in [1.807, 2.05) is 70.0 Å². The van der Waals surface area contributed by atoms with Crippen LogP contribution < -0.4 is 11.2 Å². The maximum Gasteiger partial charge on any atom is 0.332 e. The Kier molecular flexibility index (Phi) is 10.0. The van der Waals surface area contributed by atoms with Crippen LogP contribution in [0.25, 0.3) is 22.4 Å². The van der Waals surface area contributed by atoms with Crippen molar-refractivity contribution in [3.05, 3.63) is 67.4 Å². The number of fused-ring (bicyclic) bond motifs is 1. The lowest BCUT2D eigenvalue weighted by Gasteiger charge is -2.11. The summed E-state index contributed by atoms with van der Waals surface area (Å²) in [7, 11) is 3.41. The summed E-state index contributed by atoms with van der Waals surface area (Å²) in [4.78, 5) is 31.4. The predicted octanol–water partition coefficient (Wildman–Crippen LogP) is 4.98. The molecule has 9 heteroatoms. The number of imidazole rings is 1. The number of hydrogen-bond acceptors (Lipinski definition) is 5. The van der Waals surface area contributed by atoms with E-state index in [4.69, 9.17) is 5.10 Å². The summed E-state index contributed by atoms with van der Waals surface area (Å²) < 4.78 is 6.46. The largest absolute Gasteiger partial charge is 0.332 e. The summed E-state index contributed by atoms with van der Waals surface area (Å²) in [5.74, 6) is 0.234. The Bertz CT molecular complexity index is 1390. The second kappa shape index (κ2) is 12.5. The Morgan fingerprint density at radius 1 is 1.11 bits per heavy atom. The second-order valence-electron chi connectivity index (χ2n) is 8.48. The number of aromatic nitrogens is 6. The molecule has 8 nitrogen and oxygen atoms in total. The van der Waals surface area contributed by atoms with Gasteiger partial charge in [-0.05, 0) is 43.7 Å². The third-order valence-corrected chi connectivity index (χ3v) is 6.19. The van der Waals surface area contributed by atoms with Crippen molar-refractivity contribution >= 4 is 22.4 Å². The average Bonchev–Trinajstić information content (AvgIpc) is 3.55. The van der Waals surface area contributed by atoms with Crippen molar-refractivity contribution in [1.29, 1.82) is 0 Å². The number of thiophene rings is 1. The first-order valence-corrected chi connectivity index (χ1v) is 12.9. The topological polar surface area (TPSA) is 79.6 Å². The summed E-state index contributed by atoms with van der Waals surface area (Å²) in [6, 6.07) is 2.11. The first-order valence-electron chi connectivity index (χ1n) is 12.0. The highest BCUT2D eigenvalue weighted by Crippen LogP contribution is 2.27. The van der Waals surface area contributed by atoms with Gasteiger partial charge < -0.3 is 4.57 Å². The van der Waals surface area contributed by atoms with Crippen LogP contribution in [-0.2, 0) is 27.2 Å². The highest BCUT2D eigenvalue weighted by molar-refractivity contribution is 7.10. The van der Waals surface area contributed by atoms with Gasteiger partial charge in [-0.15, -0.1) is 11.3 Å². The summed E-state index contributed by atoms with van der Waals surface area (Å²) >= 11 is 1.68.